The molecule has 2 fully saturated rings. The van der Waals surface area contributed by atoms with Crippen molar-refractivity contribution in [3.8, 4) is 0 Å². The van der Waals surface area contributed by atoms with E-state index in [0.717, 1.165) is 5.56 Å². The van der Waals surface area contributed by atoms with Gasteiger partial charge in [-0.1, -0.05) is 68.8 Å². The highest BCUT2D eigenvalue weighted by Crippen LogP contribution is 2.55. The van der Waals surface area contributed by atoms with E-state index in [1.165, 1.54) is 6.08 Å². The largest absolute Gasteiger partial charge is 0.390 e. The fourth-order valence-electron chi connectivity index (χ4n) is 6.57. The summed E-state index contributed by atoms with van der Waals surface area (Å²) in [5.41, 5.74) is -0.0915. The number of alkyl halides is 1. The molecule has 2 heterocycles. The first-order valence-electron chi connectivity index (χ1n) is 13.9. The first-order valence-corrected chi connectivity index (χ1v) is 14.6. The molecule has 0 bridgehead atoms. The van der Waals surface area contributed by atoms with Crippen LogP contribution in [-0.2, 0) is 15.0 Å². The molecule has 1 aromatic carbocycles. The van der Waals surface area contributed by atoms with Gasteiger partial charge in [0, 0.05) is 33.7 Å². The van der Waals surface area contributed by atoms with Gasteiger partial charge in [-0.2, -0.15) is 0 Å². The topological polar surface area (TPSA) is 90.5 Å². The molecule has 1 aromatic rings. The molecule has 1 spiro atoms. The first kappa shape index (κ1) is 30.8. The van der Waals surface area contributed by atoms with Crippen molar-refractivity contribution in [1.29, 1.82) is 0 Å². The van der Waals surface area contributed by atoms with Crippen molar-refractivity contribution in [2.24, 2.45) is 11.3 Å². The van der Waals surface area contributed by atoms with E-state index in [2.05, 4.69) is 43.3 Å². The third-order valence-corrected chi connectivity index (χ3v) is 8.89. The molecule has 6 nitrogen and oxygen atoms in total. The predicted octanol–water partition coefficient (Wildman–Crippen LogP) is 5.94. The summed E-state index contributed by atoms with van der Waals surface area (Å²) >= 11 is 12.2. The number of amides is 2. The van der Waals surface area contributed by atoms with Gasteiger partial charge >= 0.3 is 0 Å². The van der Waals surface area contributed by atoms with Gasteiger partial charge in [0.05, 0.1) is 11.6 Å². The maximum Gasteiger partial charge on any atom is 0.238 e. The van der Waals surface area contributed by atoms with E-state index in [9.17, 15) is 19.1 Å². The van der Waals surface area contributed by atoms with Crippen molar-refractivity contribution < 1.29 is 19.1 Å². The Kier molecular flexibility index (Phi) is 8.92. The molecule has 40 heavy (non-hydrogen) atoms. The summed E-state index contributed by atoms with van der Waals surface area (Å²) in [5, 5.41) is 20.7. The van der Waals surface area contributed by atoms with Crippen LogP contribution in [-0.4, -0.2) is 47.3 Å². The normalized spacial score (nSPS) is 32.4. The minimum absolute atomic E-state index is 0.0370. The second-order valence-electron chi connectivity index (χ2n) is 12.9. The van der Waals surface area contributed by atoms with Crippen molar-refractivity contribution >= 4 is 40.7 Å². The molecular weight excluding hydrogens is 552 g/mol. The van der Waals surface area contributed by atoms with Crippen LogP contribution in [0.1, 0.15) is 65.4 Å². The van der Waals surface area contributed by atoms with E-state index in [4.69, 9.17) is 23.2 Å². The Labute approximate surface area is 246 Å². The van der Waals surface area contributed by atoms with E-state index < -0.39 is 35.7 Å². The van der Waals surface area contributed by atoms with Crippen molar-refractivity contribution in [1.82, 2.24) is 10.6 Å². The number of halogens is 3. The van der Waals surface area contributed by atoms with E-state index in [0.29, 0.717) is 48.4 Å². The average molecular weight is 593 g/mol. The molecular formula is C31H40Cl2FN3O3. The third-order valence-electron chi connectivity index (χ3n) is 8.43. The van der Waals surface area contributed by atoms with Crippen molar-refractivity contribution in [2.45, 2.75) is 88.9 Å². The summed E-state index contributed by atoms with van der Waals surface area (Å²) in [6, 6.07) is 4.12. The van der Waals surface area contributed by atoms with E-state index in [-0.39, 0.29) is 28.3 Å². The quantitative estimate of drug-likeness (QED) is 0.295. The van der Waals surface area contributed by atoms with Crippen LogP contribution >= 0.6 is 23.2 Å². The van der Waals surface area contributed by atoms with Crippen LogP contribution in [0, 0.1) is 11.3 Å². The summed E-state index contributed by atoms with van der Waals surface area (Å²) in [6.07, 6.45) is 7.89. The lowest BCUT2D eigenvalue weighted by molar-refractivity contribution is -0.125. The molecule has 1 saturated carbocycles. The Balaban J connectivity index is 1.79. The van der Waals surface area contributed by atoms with E-state index in [1.54, 1.807) is 24.3 Å². The van der Waals surface area contributed by atoms with Crippen molar-refractivity contribution in [2.75, 3.05) is 12.0 Å². The molecule has 0 unspecified atom stereocenters. The van der Waals surface area contributed by atoms with Crippen molar-refractivity contribution in [3.05, 3.63) is 64.2 Å². The molecule has 1 aliphatic carbocycles. The van der Waals surface area contributed by atoms with Crippen LogP contribution in [0.5, 0.6) is 0 Å². The number of anilines is 1. The molecule has 3 aliphatic rings. The third kappa shape index (κ3) is 6.18. The first-order chi connectivity index (χ1) is 18.7. The van der Waals surface area contributed by atoms with Gasteiger partial charge in [-0.05, 0) is 73.8 Å². The second-order valence-corrected chi connectivity index (χ2v) is 13.8. The summed E-state index contributed by atoms with van der Waals surface area (Å²) in [4.78, 5) is 28.1. The van der Waals surface area contributed by atoms with Crippen LogP contribution in [0.2, 0.25) is 5.02 Å². The van der Waals surface area contributed by atoms with Crippen LogP contribution in [0.25, 0.3) is 0 Å². The highest BCUT2D eigenvalue weighted by molar-refractivity contribution is 6.31. The molecule has 2 amide bonds. The SMILES string of the molecule is C=C(/C=C\C=C(\Cl)CF)[C@H]1[C@H](C(=O)NC2CCC(C)(O)CC2)N[C@H](CC(C)(C)C)[C@]12C(=O)Nc1cc(Cl)ccc12. The number of rotatable bonds is 7. The standard InChI is InChI=1S/C31H40Cl2FN3O3/c1-18(7-6-8-20(33)17-34)25-26(27(38)35-21-11-13-30(5,40)14-12-21)37-24(16-29(2,3)4)31(25)22-10-9-19(32)15-23(22)36-28(31)39/h6-10,15,21,24-26,37,40H,1,11-14,16-17H2,2-5H3,(H,35,38)(H,36,39)/b7-6-,20-8+/t21?,24-,25+,26-,30?,31+/m1/s1. The number of aliphatic hydroxyl groups is 1. The highest BCUT2D eigenvalue weighted by atomic mass is 35.5. The fourth-order valence-corrected chi connectivity index (χ4v) is 6.82. The van der Waals surface area contributed by atoms with Crippen molar-refractivity contribution in [3.63, 3.8) is 0 Å². The number of benzene rings is 1. The Hall–Kier alpha value is -2.19. The number of hydrogen-bond donors (Lipinski definition) is 4. The number of allylic oxidation sites excluding steroid dienone is 4. The van der Waals surface area contributed by atoms with Gasteiger partial charge in [0.1, 0.15) is 12.1 Å². The minimum atomic E-state index is -1.14. The number of fused-ring (bicyclic) bond motifs is 2. The van der Waals surface area contributed by atoms with Gasteiger partial charge in [-0.25, -0.2) is 4.39 Å². The molecule has 4 atom stereocenters. The van der Waals surface area contributed by atoms with Crippen LogP contribution in [0.4, 0.5) is 10.1 Å². The lowest BCUT2D eigenvalue weighted by Gasteiger charge is -2.38. The fraction of sp³-hybridized carbons (Fsp3) is 0.548. The lowest BCUT2D eigenvalue weighted by atomic mass is 9.62. The highest BCUT2D eigenvalue weighted by Gasteiger charge is 2.65. The summed E-state index contributed by atoms with van der Waals surface area (Å²) in [7, 11) is 0. The second kappa shape index (κ2) is 11.6. The maximum atomic E-state index is 14.1. The van der Waals surface area contributed by atoms with Gasteiger partial charge < -0.3 is 21.1 Å². The molecule has 2 aliphatic heterocycles. The smallest absolute Gasteiger partial charge is 0.238 e. The average Bonchev–Trinajstić information content (AvgIpc) is 3.34. The summed E-state index contributed by atoms with van der Waals surface area (Å²) in [6.45, 7) is 11.7. The van der Waals surface area contributed by atoms with Gasteiger partial charge in [-0.15, -0.1) is 0 Å². The van der Waals surface area contributed by atoms with Gasteiger partial charge in [0.25, 0.3) is 0 Å². The lowest BCUT2D eigenvalue weighted by Crippen LogP contribution is -2.51. The van der Waals surface area contributed by atoms with Crippen LogP contribution < -0.4 is 16.0 Å². The molecule has 0 aromatic heterocycles. The Morgan fingerprint density at radius 3 is 2.60 bits per heavy atom. The zero-order chi connectivity index (χ0) is 29.5. The number of carbonyl (C=O) groups is 2. The summed E-state index contributed by atoms with van der Waals surface area (Å²) < 4.78 is 13.0. The summed E-state index contributed by atoms with van der Waals surface area (Å²) in [5.74, 6) is -1.08. The Morgan fingerprint density at radius 1 is 1.30 bits per heavy atom. The Morgan fingerprint density at radius 2 is 1.98 bits per heavy atom. The van der Waals surface area contributed by atoms with E-state index in [1.807, 2.05) is 13.0 Å². The maximum absolute atomic E-state index is 14.1. The zero-order valence-electron chi connectivity index (χ0n) is 23.6. The predicted molar refractivity (Wildman–Crippen MR) is 159 cm³/mol. The zero-order valence-corrected chi connectivity index (χ0v) is 25.1. The van der Waals surface area contributed by atoms with Gasteiger partial charge in [0.2, 0.25) is 11.8 Å². The van der Waals surface area contributed by atoms with Gasteiger partial charge in [-0.3, -0.25) is 9.59 Å². The molecule has 0 radical (unpaired) electrons. The molecule has 218 valence electrons. The molecule has 4 N–H and O–H groups in total. The minimum Gasteiger partial charge on any atom is -0.390 e. The van der Waals surface area contributed by atoms with Crippen LogP contribution in [0.15, 0.2) is 53.6 Å². The monoisotopic (exact) mass is 591 g/mol. The van der Waals surface area contributed by atoms with E-state index >= 15 is 0 Å². The number of carbonyl (C=O) groups excluding carboxylic acids is 2. The Bertz CT molecular complexity index is 1230. The van der Waals surface area contributed by atoms with Crippen LogP contribution in [0.3, 0.4) is 0 Å². The number of hydrogen-bond acceptors (Lipinski definition) is 4. The molecule has 1 saturated heterocycles. The van der Waals surface area contributed by atoms with Gasteiger partial charge in [0.15, 0.2) is 0 Å². The number of nitrogens with one attached hydrogen (secondary N) is 3. The molecule has 4 rings (SSSR count). The molecule has 9 heteroatoms.